The molecule has 1 aliphatic heterocycles. The van der Waals surface area contributed by atoms with Gasteiger partial charge in [0, 0.05) is 6.54 Å². The van der Waals surface area contributed by atoms with E-state index >= 15 is 0 Å². The van der Waals surface area contributed by atoms with Crippen LogP contribution < -0.4 is 5.32 Å². The van der Waals surface area contributed by atoms with Gasteiger partial charge < -0.3 is 5.32 Å². The van der Waals surface area contributed by atoms with E-state index in [1.165, 1.54) is 23.8 Å². The fraction of sp³-hybridized carbons (Fsp3) is 0.333. The fourth-order valence-corrected chi connectivity index (χ4v) is 2.76. The Morgan fingerprint density at radius 1 is 1.18 bits per heavy atom. The van der Waals surface area contributed by atoms with Gasteiger partial charge in [0.25, 0.3) is 0 Å². The molecule has 0 amide bonds. The molecule has 1 unspecified atom stereocenters. The number of nitrogens with one attached hydrogen (secondary N) is 1. The average molecular weight is 226 g/mol. The standard InChI is InChI=1S/C15H16NO/c17-13-6-7-15-11(9-13)3-1-5-14(15)12-4-2-8-16-10-12/h1,3,5-7,9,12,16H,2,4,8,10H2. The lowest BCUT2D eigenvalue weighted by molar-refractivity contribution is 0.355. The smallest absolute Gasteiger partial charge is 0.179 e. The minimum atomic E-state index is 0.0939. The van der Waals surface area contributed by atoms with Gasteiger partial charge in [-0.15, -0.1) is 0 Å². The van der Waals surface area contributed by atoms with Crippen molar-refractivity contribution in [2.75, 3.05) is 13.1 Å². The lowest BCUT2D eigenvalue weighted by Gasteiger charge is -2.24. The van der Waals surface area contributed by atoms with Crippen molar-refractivity contribution < 1.29 is 5.11 Å². The molecular formula is C15H16NO. The van der Waals surface area contributed by atoms with E-state index in [4.69, 9.17) is 0 Å². The van der Waals surface area contributed by atoms with Crippen molar-refractivity contribution in [2.24, 2.45) is 0 Å². The topological polar surface area (TPSA) is 31.9 Å². The molecule has 17 heavy (non-hydrogen) atoms. The summed E-state index contributed by atoms with van der Waals surface area (Å²) in [6.45, 7) is 2.18. The summed E-state index contributed by atoms with van der Waals surface area (Å²) in [5, 5.41) is 17.1. The summed E-state index contributed by atoms with van der Waals surface area (Å²) in [7, 11) is 0. The van der Waals surface area contributed by atoms with Crippen LogP contribution in [-0.4, -0.2) is 13.1 Å². The first-order valence-electron chi connectivity index (χ1n) is 6.25. The molecule has 87 valence electrons. The predicted octanol–water partition coefficient (Wildman–Crippen LogP) is 3.45. The molecule has 1 aliphatic rings. The van der Waals surface area contributed by atoms with Crippen molar-refractivity contribution in [1.82, 2.24) is 5.32 Å². The van der Waals surface area contributed by atoms with Gasteiger partial charge in [0.05, 0.1) is 0 Å². The summed E-state index contributed by atoms with van der Waals surface area (Å²) in [5.74, 6) is 0.682. The highest BCUT2D eigenvalue weighted by Gasteiger charge is 2.17. The number of hydrogen-bond donors (Lipinski definition) is 1. The van der Waals surface area contributed by atoms with Gasteiger partial charge in [-0.3, -0.25) is 5.11 Å². The number of piperidine rings is 1. The summed E-state index contributed by atoms with van der Waals surface area (Å²) in [6.07, 6.45) is 2.48. The number of benzene rings is 2. The molecule has 0 bridgehead atoms. The van der Waals surface area contributed by atoms with Crippen molar-refractivity contribution >= 4 is 10.8 Å². The fourth-order valence-electron chi connectivity index (χ4n) is 2.76. The van der Waals surface area contributed by atoms with E-state index in [2.05, 4.69) is 17.4 Å². The second kappa shape index (κ2) is 4.38. The molecular weight excluding hydrogens is 210 g/mol. The monoisotopic (exact) mass is 226 g/mol. The lowest BCUT2D eigenvalue weighted by atomic mass is 9.88. The Kier molecular flexibility index (Phi) is 2.73. The second-order valence-corrected chi connectivity index (χ2v) is 4.77. The van der Waals surface area contributed by atoms with Crippen LogP contribution in [0.2, 0.25) is 0 Å². The van der Waals surface area contributed by atoms with E-state index in [0.29, 0.717) is 5.92 Å². The Bertz CT molecular complexity index is 529. The third-order valence-electron chi connectivity index (χ3n) is 3.62. The Morgan fingerprint density at radius 2 is 2.12 bits per heavy atom. The molecule has 2 nitrogen and oxygen atoms in total. The van der Waals surface area contributed by atoms with Gasteiger partial charge in [0.2, 0.25) is 0 Å². The van der Waals surface area contributed by atoms with E-state index in [9.17, 15) is 5.11 Å². The molecule has 2 aromatic rings. The molecule has 2 aromatic carbocycles. The van der Waals surface area contributed by atoms with E-state index in [1.807, 2.05) is 12.1 Å². The molecule has 3 rings (SSSR count). The molecule has 0 spiro atoms. The van der Waals surface area contributed by atoms with Gasteiger partial charge in [-0.1, -0.05) is 24.3 Å². The van der Waals surface area contributed by atoms with Gasteiger partial charge in [-0.25, -0.2) is 0 Å². The molecule has 1 heterocycles. The van der Waals surface area contributed by atoms with Crippen molar-refractivity contribution in [3.8, 4) is 5.75 Å². The highest BCUT2D eigenvalue weighted by Crippen LogP contribution is 2.31. The number of rotatable bonds is 1. The molecule has 2 heteroatoms. The molecule has 0 aromatic heterocycles. The Balaban J connectivity index is 2.09. The van der Waals surface area contributed by atoms with Crippen LogP contribution in [-0.2, 0) is 5.11 Å². The third-order valence-corrected chi connectivity index (χ3v) is 3.62. The molecule has 1 atom stereocenters. The Morgan fingerprint density at radius 3 is 2.94 bits per heavy atom. The van der Waals surface area contributed by atoms with Gasteiger partial charge in [-0.05, 0) is 53.8 Å². The zero-order chi connectivity index (χ0) is 11.7. The molecule has 1 fully saturated rings. The van der Waals surface area contributed by atoms with Gasteiger partial charge in [-0.2, -0.15) is 0 Å². The summed E-state index contributed by atoms with van der Waals surface area (Å²) >= 11 is 0. The van der Waals surface area contributed by atoms with Gasteiger partial charge in [0.1, 0.15) is 0 Å². The quantitative estimate of drug-likeness (QED) is 0.793. The SMILES string of the molecule is [O]c1ccc2c(C3CCCNC3)cccc2c1. The molecule has 0 saturated carbocycles. The summed E-state index contributed by atoms with van der Waals surface area (Å²) in [4.78, 5) is 0. The van der Waals surface area contributed by atoms with Crippen molar-refractivity contribution in [3.05, 3.63) is 42.0 Å². The average Bonchev–Trinajstić information content (AvgIpc) is 2.39. The van der Waals surface area contributed by atoms with Crippen LogP contribution in [0.15, 0.2) is 36.4 Å². The van der Waals surface area contributed by atoms with Crippen LogP contribution in [0.3, 0.4) is 0 Å². The maximum absolute atomic E-state index is 11.4. The van der Waals surface area contributed by atoms with Crippen molar-refractivity contribution in [2.45, 2.75) is 18.8 Å². The normalized spacial score (nSPS) is 20.6. The van der Waals surface area contributed by atoms with Crippen LogP contribution in [0.1, 0.15) is 24.3 Å². The highest BCUT2D eigenvalue weighted by molar-refractivity contribution is 5.87. The van der Waals surface area contributed by atoms with E-state index in [0.717, 1.165) is 18.5 Å². The summed E-state index contributed by atoms with van der Waals surface area (Å²) in [6, 6.07) is 11.7. The van der Waals surface area contributed by atoms with Crippen LogP contribution in [0, 0.1) is 0 Å². The van der Waals surface area contributed by atoms with Crippen molar-refractivity contribution in [3.63, 3.8) is 0 Å². The summed E-state index contributed by atoms with van der Waals surface area (Å²) in [5.41, 5.74) is 1.38. The number of hydrogen-bond acceptors (Lipinski definition) is 1. The Labute approximate surface area is 101 Å². The minimum absolute atomic E-state index is 0.0939. The zero-order valence-electron chi connectivity index (χ0n) is 9.78. The molecule has 1 N–H and O–H groups in total. The van der Waals surface area contributed by atoms with Gasteiger partial charge >= 0.3 is 0 Å². The van der Waals surface area contributed by atoms with Gasteiger partial charge in [0.15, 0.2) is 5.75 Å². The highest BCUT2D eigenvalue weighted by atomic mass is 16.3. The van der Waals surface area contributed by atoms with Crippen molar-refractivity contribution in [1.29, 1.82) is 0 Å². The van der Waals surface area contributed by atoms with Crippen LogP contribution >= 0.6 is 0 Å². The van der Waals surface area contributed by atoms with Crippen LogP contribution in [0.25, 0.3) is 10.8 Å². The minimum Gasteiger partial charge on any atom is -0.316 e. The first-order valence-corrected chi connectivity index (χ1v) is 6.25. The van der Waals surface area contributed by atoms with Crippen LogP contribution in [0.5, 0.6) is 5.75 Å². The maximum atomic E-state index is 11.4. The van der Waals surface area contributed by atoms with Crippen LogP contribution in [0.4, 0.5) is 0 Å². The zero-order valence-corrected chi connectivity index (χ0v) is 9.78. The maximum Gasteiger partial charge on any atom is 0.179 e. The Hall–Kier alpha value is -1.54. The van der Waals surface area contributed by atoms with E-state index < -0.39 is 0 Å². The van der Waals surface area contributed by atoms with E-state index in [-0.39, 0.29) is 5.75 Å². The molecule has 1 radical (unpaired) electrons. The summed E-state index contributed by atoms with van der Waals surface area (Å²) < 4.78 is 0. The molecule has 0 aliphatic carbocycles. The first kappa shape index (κ1) is 10.6. The number of fused-ring (bicyclic) bond motifs is 1. The molecule has 1 saturated heterocycles. The largest absolute Gasteiger partial charge is 0.316 e. The lowest BCUT2D eigenvalue weighted by Crippen LogP contribution is -2.28. The van der Waals surface area contributed by atoms with E-state index in [1.54, 1.807) is 12.1 Å². The first-order chi connectivity index (χ1) is 8.34. The third kappa shape index (κ3) is 2.01. The predicted molar refractivity (Wildman–Crippen MR) is 68.9 cm³/mol. The second-order valence-electron chi connectivity index (χ2n) is 4.77.